The molecule has 0 bridgehead atoms. The second-order valence-electron chi connectivity index (χ2n) is 5.25. The minimum atomic E-state index is -0.523. The maximum Gasteiger partial charge on any atom is 1.00 e. The molecule has 0 aliphatic heterocycles. The Kier molecular flexibility index (Phi) is 10.1. The van der Waals surface area contributed by atoms with Crippen LogP contribution < -0.4 is 39.5 Å². The summed E-state index contributed by atoms with van der Waals surface area (Å²) in [4.78, 5) is 15.7. The summed E-state index contributed by atoms with van der Waals surface area (Å²) in [6, 6.07) is 7.27. The van der Waals surface area contributed by atoms with Gasteiger partial charge in [-0.3, -0.25) is 4.98 Å². The first-order valence-electron chi connectivity index (χ1n) is 6.43. The van der Waals surface area contributed by atoms with Gasteiger partial charge in [-0.05, 0) is 32.9 Å². The molecule has 0 saturated carbocycles. The van der Waals surface area contributed by atoms with Crippen molar-refractivity contribution in [2.24, 2.45) is 0 Å². The number of amides is 1. The fraction of sp³-hybridized carbons (Fsp3) is 0.357. The minimum absolute atomic E-state index is 0. The van der Waals surface area contributed by atoms with E-state index in [4.69, 9.17) is 13.9 Å². The maximum absolute atomic E-state index is 11.5. The number of ether oxygens (including phenoxy) is 1. The largest absolute Gasteiger partial charge is 1.00 e. The van der Waals surface area contributed by atoms with Gasteiger partial charge >= 0.3 is 35.7 Å². The van der Waals surface area contributed by atoms with Gasteiger partial charge in [-0.2, -0.15) is 0 Å². The molecule has 2 aromatic rings. The van der Waals surface area contributed by atoms with Crippen molar-refractivity contribution in [3.63, 3.8) is 0 Å². The molecule has 0 unspecified atom stereocenters. The van der Waals surface area contributed by atoms with Crippen LogP contribution in [0.15, 0.2) is 35.0 Å². The van der Waals surface area contributed by atoms with Gasteiger partial charge in [-0.25, -0.2) is 16.7 Å². The normalized spacial score (nSPS) is 9.96. The van der Waals surface area contributed by atoms with E-state index in [0.29, 0.717) is 11.5 Å². The Balaban J connectivity index is 0.00000155. The van der Waals surface area contributed by atoms with E-state index in [-0.39, 0.29) is 36.1 Å². The van der Waals surface area contributed by atoms with Crippen LogP contribution in [-0.2, 0) is 11.3 Å². The number of halogens is 1. The number of hydrogen-bond donors (Lipinski definition) is 1. The van der Waals surface area contributed by atoms with E-state index < -0.39 is 11.7 Å². The standard InChI is InChI=1S/C14H17N3O3.ClO.Na/c1-14(2,3)19-13(18)16-9-10-8-12(17-20-10)11-6-4-5-7-15-11;1-2;/h4-8H,9H2,1-3H3,(H,16,18);;/q;-1;+1. The van der Waals surface area contributed by atoms with E-state index >= 15 is 0 Å². The molecule has 1 amide bonds. The summed E-state index contributed by atoms with van der Waals surface area (Å²) in [5.74, 6) is 0.538. The molecule has 9 heteroatoms. The first kappa shape index (κ1) is 21.9. The molecule has 7 nitrogen and oxygen atoms in total. The molecular weight excluding hydrogens is 333 g/mol. The van der Waals surface area contributed by atoms with Gasteiger partial charge in [0.2, 0.25) is 0 Å². The summed E-state index contributed by atoms with van der Waals surface area (Å²) >= 11 is 3.39. The van der Waals surface area contributed by atoms with Crippen LogP contribution in [0.4, 0.5) is 4.79 Å². The molecule has 0 radical (unpaired) electrons. The van der Waals surface area contributed by atoms with Crippen LogP contribution >= 0.6 is 11.9 Å². The summed E-state index contributed by atoms with van der Waals surface area (Å²) in [5.41, 5.74) is 0.830. The number of nitrogens with one attached hydrogen (secondary N) is 1. The summed E-state index contributed by atoms with van der Waals surface area (Å²) in [5, 5.41) is 6.51. The molecule has 0 saturated heterocycles. The van der Waals surface area contributed by atoms with Gasteiger partial charge in [0, 0.05) is 12.3 Å². The Morgan fingerprint density at radius 1 is 1.35 bits per heavy atom. The molecule has 2 aromatic heterocycles. The van der Waals surface area contributed by atoms with Crippen LogP contribution in [0.25, 0.3) is 11.4 Å². The van der Waals surface area contributed by atoms with Crippen molar-refractivity contribution in [2.45, 2.75) is 32.9 Å². The van der Waals surface area contributed by atoms with E-state index in [1.807, 2.05) is 18.2 Å². The predicted octanol–water partition coefficient (Wildman–Crippen LogP) is -0.734. The second kappa shape index (κ2) is 10.6. The number of rotatable bonds is 3. The Hall–Kier alpha value is -1.12. The van der Waals surface area contributed by atoms with Gasteiger partial charge in [0.05, 0.1) is 12.2 Å². The fourth-order valence-corrected chi connectivity index (χ4v) is 1.50. The van der Waals surface area contributed by atoms with Crippen molar-refractivity contribution in [1.82, 2.24) is 15.5 Å². The van der Waals surface area contributed by atoms with Gasteiger partial charge in [0.15, 0.2) is 5.76 Å². The SMILES string of the molecule is CC(C)(C)OC(=O)NCc1cc(-c2ccccn2)no1.[Na+].[O-]Cl. The van der Waals surface area contributed by atoms with E-state index in [2.05, 4.69) is 27.3 Å². The third kappa shape index (κ3) is 8.34. The van der Waals surface area contributed by atoms with Crippen LogP contribution in [0.3, 0.4) is 0 Å². The first-order valence-corrected chi connectivity index (χ1v) is 6.74. The topological polar surface area (TPSA) is 100 Å². The molecule has 0 fully saturated rings. The molecule has 0 spiro atoms. The van der Waals surface area contributed by atoms with Crippen molar-refractivity contribution in [3.8, 4) is 11.4 Å². The molecular formula is C14H17ClN3NaO4. The fourth-order valence-electron chi connectivity index (χ4n) is 1.50. The summed E-state index contributed by atoms with van der Waals surface area (Å²) < 4.78 is 18.0. The van der Waals surface area contributed by atoms with E-state index in [9.17, 15) is 4.79 Å². The molecule has 2 rings (SSSR count). The monoisotopic (exact) mass is 349 g/mol. The smallest absolute Gasteiger partial charge is 0.769 e. The summed E-state index contributed by atoms with van der Waals surface area (Å²) in [6.45, 7) is 5.63. The molecule has 0 atom stereocenters. The van der Waals surface area contributed by atoms with Crippen LogP contribution in [0.5, 0.6) is 0 Å². The van der Waals surface area contributed by atoms with Crippen molar-refractivity contribution >= 4 is 18.0 Å². The van der Waals surface area contributed by atoms with Gasteiger partial charge in [0.1, 0.15) is 11.3 Å². The zero-order valence-electron chi connectivity index (χ0n) is 13.5. The van der Waals surface area contributed by atoms with E-state index in [1.165, 1.54) is 0 Å². The van der Waals surface area contributed by atoms with E-state index in [1.54, 1.807) is 33.0 Å². The molecule has 0 aliphatic rings. The Bertz CT molecular complexity index is 587. The van der Waals surface area contributed by atoms with Crippen molar-refractivity contribution in [2.75, 3.05) is 0 Å². The van der Waals surface area contributed by atoms with Gasteiger partial charge < -0.3 is 19.2 Å². The quantitative estimate of drug-likeness (QED) is 0.733. The number of carbonyl (C=O) groups excluding carboxylic acids is 1. The number of carbonyl (C=O) groups is 1. The molecule has 0 aromatic carbocycles. The van der Waals surface area contributed by atoms with Crippen LogP contribution in [0.2, 0.25) is 0 Å². The third-order valence-electron chi connectivity index (χ3n) is 2.29. The van der Waals surface area contributed by atoms with Crippen molar-refractivity contribution in [1.29, 1.82) is 0 Å². The van der Waals surface area contributed by atoms with Gasteiger partial charge in [-0.1, -0.05) is 11.2 Å². The zero-order chi connectivity index (χ0) is 16.6. The van der Waals surface area contributed by atoms with Crippen molar-refractivity contribution in [3.05, 3.63) is 36.2 Å². The van der Waals surface area contributed by atoms with Crippen LogP contribution in [0, 0.1) is 0 Å². The third-order valence-corrected chi connectivity index (χ3v) is 2.29. The molecule has 1 N–H and O–H groups in total. The Morgan fingerprint density at radius 2 is 2.04 bits per heavy atom. The van der Waals surface area contributed by atoms with Gasteiger partial charge in [0.25, 0.3) is 0 Å². The molecule has 2 heterocycles. The molecule has 0 aliphatic carbocycles. The zero-order valence-corrected chi connectivity index (χ0v) is 16.3. The number of alkyl carbamates (subject to hydrolysis) is 1. The average molecular weight is 350 g/mol. The van der Waals surface area contributed by atoms with Gasteiger partial charge in [-0.15, -0.1) is 0 Å². The van der Waals surface area contributed by atoms with Crippen LogP contribution in [0.1, 0.15) is 26.5 Å². The second-order valence-corrected chi connectivity index (χ2v) is 5.25. The maximum atomic E-state index is 11.5. The van der Waals surface area contributed by atoms with E-state index in [0.717, 1.165) is 5.69 Å². The Morgan fingerprint density at radius 3 is 2.61 bits per heavy atom. The summed E-state index contributed by atoms with van der Waals surface area (Å²) in [7, 11) is 0. The van der Waals surface area contributed by atoms with Crippen LogP contribution in [-0.4, -0.2) is 21.8 Å². The first-order chi connectivity index (χ1) is 10.4. The molecule has 23 heavy (non-hydrogen) atoms. The number of hydrogen-bond acceptors (Lipinski definition) is 6. The minimum Gasteiger partial charge on any atom is -0.769 e. The number of nitrogens with zero attached hydrogens (tertiary/aromatic N) is 2. The van der Waals surface area contributed by atoms with Crippen molar-refractivity contribution < 1.29 is 48.3 Å². The number of aromatic nitrogens is 2. The summed E-state index contributed by atoms with van der Waals surface area (Å²) in [6.07, 6.45) is 1.19. The number of pyridine rings is 1. The molecule has 120 valence electrons. The average Bonchev–Trinajstić information content (AvgIpc) is 2.95. The predicted molar refractivity (Wildman–Crippen MR) is 78.7 cm³/mol. The Labute approximate surface area is 161 Å².